The molecule has 1 aliphatic rings. The van der Waals surface area contributed by atoms with Crippen LogP contribution in [0.5, 0.6) is 0 Å². The van der Waals surface area contributed by atoms with E-state index in [1.807, 2.05) is 12.1 Å². The number of rotatable bonds is 4. The van der Waals surface area contributed by atoms with Crippen LogP contribution in [0.1, 0.15) is 12.8 Å². The number of aromatic nitrogens is 1. The van der Waals surface area contributed by atoms with Crippen LogP contribution in [0, 0.1) is 5.82 Å². The highest BCUT2D eigenvalue weighted by atomic mass is 32.2. The average molecular weight is 387 g/mol. The van der Waals surface area contributed by atoms with Gasteiger partial charge in [-0.15, -0.1) is 0 Å². The summed E-state index contributed by atoms with van der Waals surface area (Å²) in [6.45, 7) is 1.86. The van der Waals surface area contributed by atoms with E-state index in [2.05, 4.69) is 9.88 Å². The van der Waals surface area contributed by atoms with E-state index in [9.17, 15) is 12.8 Å². The summed E-state index contributed by atoms with van der Waals surface area (Å²) >= 11 is 0. The summed E-state index contributed by atoms with van der Waals surface area (Å²) in [5, 5.41) is 0.501. The van der Waals surface area contributed by atoms with Gasteiger partial charge in [-0.25, -0.2) is 17.1 Å². The highest BCUT2D eigenvalue weighted by Crippen LogP contribution is 2.36. The summed E-state index contributed by atoms with van der Waals surface area (Å²) < 4.78 is 40.6. The Bertz CT molecular complexity index is 1100. The molecule has 0 bridgehead atoms. The van der Waals surface area contributed by atoms with Gasteiger partial charge in [-0.2, -0.15) is 0 Å². The Labute approximate surface area is 158 Å². The molecule has 0 spiro atoms. The topological polar surface area (TPSA) is 56.4 Å². The SMILES string of the molecule is CN(C)S(=O)(=O)c1ccc(N2CCCC2)c(-c2cc3c(F)cccc3[nH]2)c1. The molecule has 0 aliphatic carbocycles. The van der Waals surface area contributed by atoms with E-state index in [0.717, 1.165) is 37.2 Å². The number of sulfonamides is 1. The Morgan fingerprint density at radius 1 is 1.07 bits per heavy atom. The van der Waals surface area contributed by atoms with Crippen LogP contribution >= 0.6 is 0 Å². The lowest BCUT2D eigenvalue weighted by Crippen LogP contribution is -2.23. The number of hydrogen-bond acceptors (Lipinski definition) is 3. The second-order valence-corrected chi connectivity index (χ2v) is 9.20. The number of halogens is 1. The summed E-state index contributed by atoms with van der Waals surface area (Å²) in [7, 11) is -0.528. The molecule has 1 fully saturated rings. The smallest absolute Gasteiger partial charge is 0.242 e. The van der Waals surface area contributed by atoms with Crippen molar-refractivity contribution >= 4 is 26.6 Å². The molecule has 1 aromatic heterocycles. The predicted octanol–water partition coefficient (Wildman–Crippen LogP) is 3.82. The maximum atomic E-state index is 14.2. The summed E-state index contributed by atoms with van der Waals surface area (Å²) in [5.74, 6) is -0.296. The molecule has 1 saturated heterocycles. The van der Waals surface area contributed by atoms with Crippen LogP contribution in [-0.4, -0.2) is 44.9 Å². The first-order valence-corrected chi connectivity index (χ1v) is 10.4. The summed E-state index contributed by atoms with van der Waals surface area (Å²) in [4.78, 5) is 5.73. The lowest BCUT2D eigenvalue weighted by molar-refractivity contribution is 0.521. The molecule has 27 heavy (non-hydrogen) atoms. The van der Waals surface area contributed by atoms with Crippen molar-refractivity contribution in [3.63, 3.8) is 0 Å². The lowest BCUT2D eigenvalue weighted by Gasteiger charge is -2.22. The van der Waals surface area contributed by atoms with Crippen molar-refractivity contribution in [2.24, 2.45) is 0 Å². The van der Waals surface area contributed by atoms with E-state index < -0.39 is 10.0 Å². The lowest BCUT2D eigenvalue weighted by atomic mass is 10.1. The van der Waals surface area contributed by atoms with Crippen molar-refractivity contribution in [3.05, 3.63) is 48.3 Å². The van der Waals surface area contributed by atoms with E-state index in [1.54, 1.807) is 24.3 Å². The third-order valence-electron chi connectivity index (χ3n) is 5.09. The van der Waals surface area contributed by atoms with E-state index >= 15 is 0 Å². The fraction of sp³-hybridized carbons (Fsp3) is 0.300. The van der Waals surface area contributed by atoms with E-state index in [4.69, 9.17) is 0 Å². The van der Waals surface area contributed by atoms with Crippen LogP contribution < -0.4 is 4.90 Å². The van der Waals surface area contributed by atoms with Crippen LogP contribution in [0.15, 0.2) is 47.4 Å². The molecule has 3 aromatic rings. The number of hydrogen-bond donors (Lipinski definition) is 1. The van der Waals surface area contributed by atoms with Gasteiger partial charge < -0.3 is 9.88 Å². The predicted molar refractivity (Wildman–Crippen MR) is 106 cm³/mol. The average Bonchev–Trinajstić information content (AvgIpc) is 3.31. The van der Waals surface area contributed by atoms with Crippen molar-refractivity contribution in [1.82, 2.24) is 9.29 Å². The molecular formula is C20H22FN3O2S. The summed E-state index contributed by atoms with van der Waals surface area (Å²) in [6, 6.07) is 11.9. The maximum absolute atomic E-state index is 14.2. The van der Waals surface area contributed by atoms with Gasteiger partial charge in [-0.3, -0.25) is 0 Å². The molecule has 1 aliphatic heterocycles. The largest absolute Gasteiger partial charge is 0.371 e. The molecule has 0 amide bonds. The normalized spacial score (nSPS) is 15.2. The Balaban J connectivity index is 1.93. The molecule has 4 rings (SSSR count). The third-order valence-corrected chi connectivity index (χ3v) is 6.91. The third kappa shape index (κ3) is 3.11. The Kier molecular flexibility index (Phi) is 4.44. The van der Waals surface area contributed by atoms with Gasteiger partial charge in [0.05, 0.1) is 4.90 Å². The van der Waals surface area contributed by atoms with Gasteiger partial charge in [0.15, 0.2) is 0 Å². The van der Waals surface area contributed by atoms with Crippen LogP contribution in [-0.2, 0) is 10.0 Å². The molecule has 0 radical (unpaired) electrons. The minimum absolute atomic E-state index is 0.226. The molecule has 2 aromatic carbocycles. The monoisotopic (exact) mass is 387 g/mol. The van der Waals surface area contributed by atoms with Gasteiger partial charge in [-0.05, 0) is 49.2 Å². The molecule has 0 atom stereocenters. The second kappa shape index (κ2) is 6.65. The standard InChI is InChI=1S/C20H22FN3O2S/c1-23(2)27(25,26)14-8-9-20(24-10-3-4-11-24)16(12-14)19-13-15-17(21)6-5-7-18(15)22-19/h5-9,12-13,22H,3-4,10-11H2,1-2H3. The van der Waals surface area contributed by atoms with Crippen molar-refractivity contribution in [2.45, 2.75) is 17.7 Å². The molecule has 1 N–H and O–H groups in total. The molecule has 5 nitrogen and oxygen atoms in total. The Morgan fingerprint density at radius 2 is 1.81 bits per heavy atom. The zero-order valence-electron chi connectivity index (χ0n) is 15.4. The van der Waals surface area contributed by atoms with E-state index in [0.29, 0.717) is 16.6 Å². The van der Waals surface area contributed by atoms with E-state index in [1.165, 1.54) is 24.5 Å². The molecule has 2 heterocycles. The van der Waals surface area contributed by atoms with Crippen molar-refractivity contribution < 1.29 is 12.8 Å². The fourth-order valence-electron chi connectivity index (χ4n) is 3.60. The minimum atomic E-state index is -3.56. The molecule has 0 unspecified atom stereocenters. The number of H-pyrrole nitrogens is 1. The number of nitrogens with zero attached hydrogens (tertiary/aromatic N) is 2. The highest BCUT2D eigenvalue weighted by Gasteiger charge is 2.23. The first-order valence-electron chi connectivity index (χ1n) is 8.97. The summed E-state index contributed by atoms with van der Waals surface area (Å²) in [5.41, 5.74) is 3.15. The van der Waals surface area contributed by atoms with Gasteiger partial charge >= 0.3 is 0 Å². The number of anilines is 1. The van der Waals surface area contributed by atoms with E-state index in [-0.39, 0.29) is 10.7 Å². The number of fused-ring (bicyclic) bond motifs is 1. The maximum Gasteiger partial charge on any atom is 0.242 e. The molecular weight excluding hydrogens is 365 g/mol. The Hall–Kier alpha value is -2.38. The second-order valence-electron chi connectivity index (χ2n) is 7.04. The zero-order chi connectivity index (χ0) is 19.2. The highest BCUT2D eigenvalue weighted by molar-refractivity contribution is 7.89. The fourth-order valence-corrected chi connectivity index (χ4v) is 4.53. The van der Waals surface area contributed by atoms with Gasteiger partial charge in [-0.1, -0.05) is 6.07 Å². The Morgan fingerprint density at radius 3 is 2.48 bits per heavy atom. The first-order chi connectivity index (χ1) is 12.9. The molecule has 7 heteroatoms. The first kappa shape index (κ1) is 18.0. The van der Waals surface area contributed by atoms with Crippen molar-refractivity contribution in [2.75, 3.05) is 32.1 Å². The number of benzene rings is 2. The van der Waals surface area contributed by atoms with Gasteiger partial charge in [0.2, 0.25) is 10.0 Å². The number of nitrogens with one attached hydrogen (secondary N) is 1. The van der Waals surface area contributed by atoms with Gasteiger partial charge in [0.25, 0.3) is 0 Å². The van der Waals surface area contributed by atoms with Crippen molar-refractivity contribution in [1.29, 1.82) is 0 Å². The zero-order valence-corrected chi connectivity index (χ0v) is 16.2. The molecule has 0 saturated carbocycles. The van der Waals surface area contributed by atoms with Crippen LogP contribution in [0.4, 0.5) is 10.1 Å². The van der Waals surface area contributed by atoms with Crippen molar-refractivity contribution in [3.8, 4) is 11.3 Å². The quantitative estimate of drug-likeness (QED) is 0.740. The van der Waals surface area contributed by atoms with Crippen LogP contribution in [0.25, 0.3) is 22.2 Å². The van der Waals surface area contributed by atoms with Crippen LogP contribution in [0.3, 0.4) is 0 Å². The number of aromatic amines is 1. The molecule has 142 valence electrons. The van der Waals surface area contributed by atoms with Crippen LogP contribution in [0.2, 0.25) is 0 Å². The van der Waals surface area contributed by atoms with Gasteiger partial charge in [0.1, 0.15) is 5.82 Å². The minimum Gasteiger partial charge on any atom is -0.371 e. The van der Waals surface area contributed by atoms with Gasteiger partial charge in [0, 0.05) is 55.0 Å². The summed E-state index contributed by atoms with van der Waals surface area (Å²) in [6.07, 6.45) is 2.22.